The molecule has 0 radical (unpaired) electrons. The van der Waals surface area contributed by atoms with E-state index in [1.54, 1.807) is 38.2 Å². The fraction of sp³-hybridized carbons (Fsp3) is 0.231. The molecule has 0 saturated heterocycles. The van der Waals surface area contributed by atoms with Crippen molar-refractivity contribution in [3.63, 3.8) is 0 Å². The van der Waals surface area contributed by atoms with Gasteiger partial charge in [0.05, 0.1) is 0 Å². The van der Waals surface area contributed by atoms with Gasteiger partial charge in [0.25, 0.3) is 0 Å². The zero-order chi connectivity index (χ0) is 37.1. The van der Waals surface area contributed by atoms with Crippen LogP contribution in [0.25, 0.3) is 45.5 Å². The van der Waals surface area contributed by atoms with E-state index in [1.807, 2.05) is 3.32 Å². The van der Waals surface area contributed by atoms with E-state index in [4.69, 9.17) is 0 Å². The van der Waals surface area contributed by atoms with Crippen LogP contribution >= 0.6 is 0 Å². The molecular formula is C52H51HfSi. The molecule has 2 aliphatic carbocycles. The zero-order valence-corrected chi connectivity index (χ0v) is 37.7. The van der Waals surface area contributed by atoms with Crippen molar-refractivity contribution in [2.45, 2.75) is 61.7 Å². The number of allylic oxidation sites excluding steroid dienone is 2. The molecule has 4 atom stereocenters. The molecule has 0 N–H and O–H groups in total. The third kappa shape index (κ3) is 5.79. The summed E-state index contributed by atoms with van der Waals surface area (Å²) in [6, 6.07) is 49.6. The molecule has 1 aliphatic heterocycles. The molecule has 0 fully saturated rings. The molecule has 0 bridgehead atoms. The molecule has 2 heteroatoms. The number of aryl methyl sites for hydroxylation is 2. The van der Waals surface area contributed by atoms with Gasteiger partial charge in [0, 0.05) is 0 Å². The van der Waals surface area contributed by atoms with Crippen molar-refractivity contribution in [3.8, 4) is 33.4 Å². The van der Waals surface area contributed by atoms with E-state index in [0.29, 0.717) is 19.2 Å². The number of hydrogen-bond acceptors (Lipinski definition) is 0. The molecule has 54 heavy (non-hydrogen) atoms. The average molecular weight is 883 g/mol. The first-order chi connectivity index (χ1) is 26.4. The normalized spacial score (nSPS) is 18.0. The fourth-order valence-electron chi connectivity index (χ4n) is 10.00. The van der Waals surface area contributed by atoms with Crippen molar-refractivity contribution >= 4 is 35.4 Å². The van der Waals surface area contributed by atoms with Crippen LogP contribution in [0.5, 0.6) is 0 Å². The minimum absolute atomic E-state index is 0.485. The van der Waals surface area contributed by atoms with E-state index in [2.05, 4.69) is 181 Å². The van der Waals surface area contributed by atoms with Crippen LogP contribution in [0.15, 0.2) is 139 Å². The Hall–Kier alpha value is -4.11. The standard InChI is InChI=1S/2C20H21.C12H9Si.Hf/c2*1-4-14(2)17-12-16-9-7-11-19(20(16)13-17)18-10-6-5-8-15(18)3;1-3-7-11-9(5-1)10-6-2-4-8-12(10)13-11;/h2*5-14H,4H2,1-3H3;1-7H,13H2;. The quantitative estimate of drug-likeness (QED) is 0.127. The maximum absolute atomic E-state index is 3.15. The summed E-state index contributed by atoms with van der Waals surface area (Å²) in [6.07, 6.45) is 7.72. The van der Waals surface area contributed by atoms with Crippen molar-refractivity contribution in [3.05, 3.63) is 172 Å². The Morgan fingerprint density at radius 2 is 0.944 bits per heavy atom. The Labute approximate surface area is 333 Å². The number of benzene rings is 6. The Morgan fingerprint density at radius 1 is 0.500 bits per heavy atom. The first kappa shape index (κ1) is 35.6. The van der Waals surface area contributed by atoms with E-state index in [1.165, 1.54) is 50.1 Å². The Balaban J connectivity index is 1.34. The summed E-state index contributed by atoms with van der Waals surface area (Å²) in [5.74, 6) is 1.04. The number of hydrogen-bond donors (Lipinski definition) is 0. The number of fused-ring (bicyclic) bond motifs is 5. The second kappa shape index (κ2) is 14.5. The summed E-state index contributed by atoms with van der Waals surface area (Å²) in [5, 5.41) is 3.39. The van der Waals surface area contributed by atoms with Gasteiger partial charge in [-0.2, -0.15) is 0 Å². The van der Waals surface area contributed by atoms with Crippen molar-refractivity contribution < 1.29 is 21.4 Å². The van der Waals surface area contributed by atoms with Crippen LogP contribution in [-0.2, 0) is 21.4 Å². The fourth-order valence-corrected chi connectivity index (χ4v) is 30.2. The molecule has 0 nitrogen and oxygen atoms in total. The van der Waals surface area contributed by atoms with Gasteiger partial charge in [-0.1, -0.05) is 0 Å². The Kier molecular flexibility index (Phi) is 9.56. The molecule has 4 unspecified atom stereocenters. The second-order valence-corrected chi connectivity index (χ2v) is 27.3. The van der Waals surface area contributed by atoms with Crippen LogP contribution in [0.2, 0.25) is 0 Å². The molecule has 267 valence electrons. The van der Waals surface area contributed by atoms with Crippen LogP contribution in [0.3, 0.4) is 0 Å². The zero-order valence-electron chi connectivity index (χ0n) is 32.7. The van der Waals surface area contributed by atoms with Gasteiger partial charge in [-0.15, -0.1) is 0 Å². The monoisotopic (exact) mass is 883 g/mol. The molecule has 6 aromatic carbocycles. The van der Waals surface area contributed by atoms with Crippen molar-refractivity contribution in [1.82, 2.24) is 0 Å². The summed E-state index contributed by atoms with van der Waals surface area (Å²) in [5.41, 5.74) is 20.9. The van der Waals surface area contributed by atoms with E-state index in [0.717, 1.165) is 12.8 Å². The average Bonchev–Trinajstić information content (AvgIpc) is 3.91. The van der Waals surface area contributed by atoms with Gasteiger partial charge in [-0.3, -0.25) is 0 Å². The van der Waals surface area contributed by atoms with Gasteiger partial charge >= 0.3 is 336 Å². The Bertz CT molecular complexity index is 2360. The van der Waals surface area contributed by atoms with Crippen molar-refractivity contribution in [2.75, 3.05) is 0 Å². The molecule has 0 saturated carbocycles. The third-order valence-electron chi connectivity index (χ3n) is 13.2. The summed E-state index contributed by atoms with van der Waals surface area (Å²) in [6.45, 7) is 14.4. The summed E-state index contributed by atoms with van der Waals surface area (Å²) in [4.78, 5) is 0. The predicted octanol–water partition coefficient (Wildman–Crippen LogP) is 11.3. The van der Waals surface area contributed by atoms with E-state index in [-0.39, 0.29) is 0 Å². The number of rotatable bonds is 9. The maximum atomic E-state index is 2.70. The van der Waals surface area contributed by atoms with Crippen molar-refractivity contribution in [1.29, 1.82) is 0 Å². The topological polar surface area (TPSA) is 0 Å². The van der Waals surface area contributed by atoms with Gasteiger partial charge in [0.1, 0.15) is 0 Å². The second-order valence-electron chi connectivity index (χ2n) is 16.1. The first-order valence-electron chi connectivity index (χ1n) is 20.3. The predicted molar refractivity (Wildman–Crippen MR) is 233 cm³/mol. The van der Waals surface area contributed by atoms with Crippen LogP contribution in [-0.4, -0.2) is 9.52 Å². The van der Waals surface area contributed by atoms with Gasteiger partial charge in [0.2, 0.25) is 0 Å². The Morgan fingerprint density at radius 3 is 1.46 bits per heavy atom. The summed E-state index contributed by atoms with van der Waals surface area (Å²) < 4.78 is 2.78. The third-order valence-corrected chi connectivity index (χ3v) is 29.6. The molecule has 9 rings (SSSR count). The van der Waals surface area contributed by atoms with Gasteiger partial charge in [-0.05, 0) is 0 Å². The van der Waals surface area contributed by atoms with Crippen LogP contribution in [0.1, 0.15) is 81.3 Å². The summed E-state index contributed by atoms with van der Waals surface area (Å²) in [7, 11) is -0.615. The molecule has 0 spiro atoms. The molecular weight excluding hydrogens is 831 g/mol. The van der Waals surface area contributed by atoms with Crippen molar-refractivity contribution in [2.24, 2.45) is 11.8 Å². The molecule has 3 aliphatic rings. The first-order valence-corrected chi connectivity index (χ1v) is 27.6. The molecule has 0 aromatic heterocycles. The van der Waals surface area contributed by atoms with Gasteiger partial charge in [0.15, 0.2) is 0 Å². The van der Waals surface area contributed by atoms with Crippen LogP contribution in [0, 0.1) is 25.7 Å². The van der Waals surface area contributed by atoms with E-state index in [9.17, 15) is 0 Å². The SMILES string of the molecule is CCC(C)C1=Cc2c(-c3ccccc3C)cccc2[CH]1[Hf]([c]1cccc2c1[SiH2]c1ccccc1-2)[CH]1C(C(C)CC)=Cc2c(-c3ccccc3C)cccc21. The molecule has 6 aromatic rings. The van der Waals surface area contributed by atoms with E-state index >= 15 is 0 Å². The molecule has 0 amide bonds. The van der Waals surface area contributed by atoms with Crippen LogP contribution < -0.4 is 13.7 Å². The van der Waals surface area contributed by atoms with E-state index < -0.39 is 31.0 Å². The van der Waals surface area contributed by atoms with Gasteiger partial charge < -0.3 is 0 Å². The van der Waals surface area contributed by atoms with Gasteiger partial charge in [-0.25, -0.2) is 0 Å². The van der Waals surface area contributed by atoms with Crippen LogP contribution in [0.4, 0.5) is 0 Å². The molecule has 1 heterocycles. The summed E-state index contributed by atoms with van der Waals surface area (Å²) >= 11 is -3.15. The minimum atomic E-state index is -3.15.